The summed E-state index contributed by atoms with van der Waals surface area (Å²) >= 11 is 0. The molecule has 0 saturated heterocycles. The van der Waals surface area contributed by atoms with Crippen molar-refractivity contribution in [1.29, 1.82) is 0 Å². The van der Waals surface area contributed by atoms with Gasteiger partial charge in [0.1, 0.15) is 5.82 Å². The Bertz CT molecular complexity index is 1280. The van der Waals surface area contributed by atoms with Gasteiger partial charge in [0.05, 0.1) is 34.7 Å². The van der Waals surface area contributed by atoms with E-state index in [2.05, 4.69) is 17.1 Å². The van der Waals surface area contributed by atoms with Gasteiger partial charge in [0.15, 0.2) is 0 Å². The molecule has 2 heterocycles. The fraction of sp³-hybridized carbons (Fsp3) is 0.346. The maximum atomic E-state index is 13.1. The van der Waals surface area contributed by atoms with Gasteiger partial charge < -0.3 is 9.88 Å². The number of carbonyl (C=O) groups excluding carboxylic acids is 1. The Morgan fingerprint density at radius 1 is 1.09 bits per heavy atom. The quantitative estimate of drug-likeness (QED) is 0.612. The zero-order valence-electron chi connectivity index (χ0n) is 18.7. The summed E-state index contributed by atoms with van der Waals surface area (Å²) in [6.07, 6.45) is -2.11. The van der Waals surface area contributed by atoms with Gasteiger partial charge in [0.2, 0.25) is 5.91 Å². The van der Waals surface area contributed by atoms with Crippen molar-refractivity contribution in [3.8, 4) is 0 Å². The SMILES string of the molecule is CC(C(=O)N1CCc2nc(C3(c4ccccc4)CC3)[nH]c(=O)c2C1)c1ccc(C(F)(F)F)cc1. The molecule has 0 spiro atoms. The normalized spacial score (nSPS) is 17.7. The Labute approximate surface area is 194 Å². The standard InChI is InChI=1S/C26H24F3N3O2/c1-16(17-7-9-19(10-8-17)26(27,28)29)23(34)32-14-11-21-20(15-32)22(33)31-24(30-21)25(12-13-25)18-5-3-2-4-6-18/h2-10,16H,11-15H2,1H3,(H,30,31,33). The molecule has 8 heteroatoms. The summed E-state index contributed by atoms with van der Waals surface area (Å²) in [5, 5.41) is 0. The smallest absolute Gasteiger partial charge is 0.337 e. The van der Waals surface area contributed by atoms with Gasteiger partial charge in [-0.05, 0) is 43.0 Å². The Morgan fingerprint density at radius 2 is 1.76 bits per heavy atom. The lowest BCUT2D eigenvalue weighted by Gasteiger charge is -2.30. The summed E-state index contributed by atoms with van der Waals surface area (Å²) in [4.78, 5) is 35.5. The molecule has 1 aliphatic carbocycles. The Balaban J connectivity index is 1.35. The van der Waals surface area contributed by atoms with Crippen LogP contribution < -0.4 is 5.56 Å². The molecule has 2 aliphatic rings. The van der Waals surface area contributed by atoms with Crippen LogP contribution in [0.1, 0.15) is 59.5 Å². The van der Waals surface area contributed by atoms with Crippen molar-refractivity contribution in [3.63, 3.8) is 0 Å². The third-order valence-electron chi connectivity index (χ3n) is 7.02. The van der Waals surface area contributed by atoms with Crippen molar-refractivity contribution in [2.45, 2.75) is 50.2 Å². The van der Waals surface area contributed by atoms with Gasteiger partial charge in [-0.3, -0.25) is 9.59 Å². The Morgan fingerprint density at radius 3 is 2.38 bits per heavy atom. The first-order valence-electron chi connectivity index (χ1n) is 11.3. The minimum atomic E-state index is -4.42. The van der Waals surface area contributed by atoms with E-state index in [9.17, 15) is 22.8 Å². The van der Waals surface area contributed by atoms with Gasteiger partial charge in [0.25, 0.3) is 5.56 Å². The highest BCUT2D eigenvalue weighted by Gasteiger charge is 2.48. The molecule has 1 unspecified atom stereocenters. The van der Waals surface area contributed by atoms with Crippen LogP contribution >= 0.6 is 0 Å². The van der Waals surface area contributed by atoms with Crippen LogP contribution in [0, 0.1) is 0 Å². The van der Waals surface area contributed by atoms with E-state index in [-0.39, 0.29) is 23.4 Å². The summed E-state index contributed by atoms with van der Waals surface area (Å²) in [5.74, 6) is -0.167. The second-order valence-electron chi connectivity index (χ2n) is 9.14. The lowest BCUT2D eigenvalue weighted by Crippen LogP contribution is -2.42. The van der Waals surface area contributed by atoms with E-state index >= 15 is 0 Å². The van der Waals surface area contributed by atoms with E-state index in [1.165, 1.54) is 12.1 Å². The molecule has 0 bridgehead atoms. The number of fused-ring (bicyclic) bond motifs is 1. The van der Waals surface area contributed by atoms with Gasteiger partial charge in [-0.1, -0.05) is 42.5 Å². The predicted octanol–water partition coefficient (Wildman–Crippen LogP) is 4.56. The predicted molar refractivity (Wildman–Crippen MR) is 120 cm³/mol. The fourth-order valence-corrected chi connectivity index (χ4v) is 4.76. The second-order valence-corrected chi connectivity index (χ2v) is 9.14. The third-order valence-corrected chi connectivity index (χ3v) is 7.02. The molecular weight excluding hydrogens is 443 g/mol. The fourth-order valence-electron chi connectivity index (χ4n) is 4.76. The number of nitrogens with one attached hydrogen (secondary N) is 1. The van der Waals surface area contributed by atoms with Crippen molar-refractivity contribution in [2.24, 2.45) is 0 Å². The maximum Gasteiger partial charge on any atom is 0.416 e. The van der Waals surface area contributed by atoms with E-state index in [0.717, 1.165) is 30.5 Å². The molecule has 2 aromatic carbocycles. The number of hydrogen-bond acceptors (Lipinski definition) is 3. The minimum Gasteiger partial charge on any atom is -0.337 e. The first kappa shape index (κ1) is 22.4. The van der Waals surface area contributed by atoms with Gasteiger partial charge >= 0.3 is 6.18 Å². The number of carbonyl (C=O) groups is 1. The molecule has 5 rings (SSSR count). The van der Waals surface area contributed by atoms with Crippen LogP contribution in [0.4, 0.5) is 13.2 Å². The average Bonchev–Trinajstić information content (AvgIpc) is 3.65. The van der Waals surface area contributed by atoms with E-state index in [1.807, 2.05) is 18.2 Å². The molecule has 1 atom stereocenters. The first-order chi connectivity index (χ1) is 16.2. The van der Waals surface area contributed by atoms with Gasteiger partial charge in [-0.2, -0.15) is 13.2 Å². The Hall–Kier alpha value is -3.42. The van der Waals surface area contributed by atoms with E-state index in [1.54, 1.807) is 11.8 Å². The zero-order chi connectivity index (χ0) is 24.1. The summed E-state index contributed by atoms with van der Waals surface area (Å²) in [5.41, 5.74) is 1.60. The number of amides is 1. The van der Waals surface area contributed by atoms with Crippen LogP contribution in [0.5, 0.6) is 0 Å². The molecule has 3 aromatic rings. The molecule has 1 N–H and O–H groups in total. The zero-order valence-corrected chi connectivity index (χ0v) is 18.7. The number of halogens is 3. The highest BCUT2D eigenvalue weighted by molar-refractivity contribution is 5.83. The highest BCUT2D eigenvalue weighted by atomic mass is 19.4. The molecule has 1 saturated carbocycles. The molecule has 34 heavy (non-hydrogen) atoms. The van der Waals surface area contributed by atoms with Crippen LogP contribution in [0.2, 0.25) is 0 Å². The van der Waals surface area contributed by atoms with E-state index < -0.39 is 17.7 Å². The summed E-state index contributed by atoms with van der Waals surface area (Å²) in [7, 11) is 0. The molecule has 1 amide bonds. The number of aromatic amines is 1. The van der Waals surface area contributed by atoms with Crippen molar-refractivity contribution in [2.75, 3.05) is 6.54 Å². The monoisotopic (exact) mass is 467 g/mol. The van der Waals surface area contributed by atoms with E-state index in [0.29, 0.717) is 35.6 Å². The van der Waals surface area contributed by atoms with Crippen LogP contribution in [0.25, 0.3) is 0 Å². The summed E-state index contributed by atoms with van der Waals surface area (Å²) in [6, 6.07) is 14.7. The van der Waals surface area contributed by atoms with Gasteiger partial charge in [0, 0.05) is 13.0 Å². The lowest BCUT2D eigenvalue weighted by atomic mass is 9.94. The molecule has 5 nitrogen and oxygen atoms in total. The van der Waals surface area contributed by atoms with E-state index in [4.69, 9.17) is 4.98 Å². The van der Waals surface area contributed by atoms with Crippen molar-refractivity contribution in [3.05, 3.63) is 98.7 Å². The molecule has 1 aliphatic heterocycles. The van der Waals surface area contributed by atoms with Crippen molar-refractivity contribution >= 4 is 5.91 Å². The van der Waals surface area contributed by atoms with Crippen LogP contribution in [-0.2, 0) is 29.4 Å². The number of rotatable bonds is 4. The number of nitrogens with zero attached hydrogens (tertiary/aromatic N) is 2. The number of alkyl halides is 3. The van der Waals surface area contributed by atoms with Crippen molar-refractivity contribution < 1.29 is 18.0 Å². The number of aromatic nitrogens is 2. The minimum absolute atomic E-state index is 0.139. The van der Waals surface area contributed by atoms with Crippen LogP contribution in [0.3, 0.4) is 0 Å². The largest absolute Gasteiger partial charge is 0.416 e. The third kappa shape index (κ3) is 3.91. The van der Waals surface area contributed by atoms with Gasteiger partial charge in [-0.25, -0.2) is 4.98 Å². The van der Waals surface area contributed by atoms with Crippen LogP contribution in [0.15, 0.2) is 59.4 Å². The average molecular weight is 467 g/mol. The highest BCUT2D eigenvalue weighted by Crippen LogP contribution is 2.51. The molecule has 1 aromatic heterocycles. The summed E-state index contributed by atoms with van der Waals surface area (Å²) < 4.78 is 38.5. The molecule has 176 valence electrons. The topological polar surface area (TPSA) is 66.1 Å². The number of H-pyrrole nitrogens is 1. The van der Waals surface area contributed by atoms with Gasteiger partial charge in [-0.15, -0.1) is 0 Å². The number of benzene rings is 2. The maximum absolute atomic E-state index is 13.1. The van der Waals surface area contributed by atoms with Crippen molar-refractivity contribution in [1.82, 2.24) is 14.9 Å². The second kappa shape index (κ2) is 8.11. The molecule has 1 fully saturated rings. The molecule has 0 radical (unpaired) electrons. The Kier molecular flexibility index (Phi) is 5.34. The van der Waals surface area contributed by atoms with Crippen LogP contribution in [-0.4, -0.2) is 27.3 Å². The first-order valence-corrected chi connectivity index (χ1v) is 11.3. The lowest BCUT2D eigenvalue weighted by molar-refractivity contribution is -0.137. The number of hydrogen-bond donors (Lipinski definition) is 1. The molecular formula is C26H24F3N3O2. The summed E-state index contributed by atoms with van der Waals surface area (Å²) in [6.45, 7) is 2.22.